The molecular weight excluding hydrogens is 247 g/mol. The molecule has 0 spiro atoms. The van der Waals surface area contributed by atoms with Gasteiger partial charge in [-0.15, -0.1) is 0 Å². The van der Waals surface area contributed by atoms with Crippen molar-refractivity contribution in [2.24, 2.45) is 5.41 Å². The van der Waals surface area contributed by atoms with Crippen LogP contribution in [0.5, 0.6) is 0 Å². The number of hydrogen-bond donors (Lipinski definition) is 1. The summed E-state index contributed by atoms with van der Waals surface area (Å²) in [7, 11) is 0. The summed E-state index contributed by atoms with van der Waals surface area (Å²) < 4.78 is 43.0. The Morgan fingerprint density at radius 1 is 1.33 bits per heavy atom. The van der Waals surface area contributed by atoms with Crippen LogP contribution >= 0.6 is 0 Å². The van der Waals surface area contributed by atoms with E-state index >= 15 is 0 Å². The molecule has 1 aliphatic heterocycles. The Balaban J connectivity index is 1.98. The van der Waals surface area contributed by atoms with Gasteiger partial charge in [0.15, 0.2) is 0 Å². The van der Waals surface area contributed by atoms with E-state index in [2.05, 4.69) is 0 Å². The van der Waals surface area contributed by atoms with Gasteiger partial charge in [0.25, 0.3) is 0 Å². The fraction of sp³-hybridized carbons (Fsp3) is 1.00. The summed E-state index contributed by atoms with van der Waals surface area (Å²) in [6.07, 6.45) is -0.957. The smallest absolute Gasteiger partial charge is 0.396 e. The fourth-order valence-electron chi connectivity index (χ4n) is 2.62. The van der Waals surface area contributed by atoms with Crippen molar-refractivity contribution >= 4 is 0 Å². The van der Waals surface area contributed by atoms with E-state index in [0.717, 1.165) is 25.7 Å². The normalized spacial score (nSPS) is 29.8. The number of aliphatic hydroxyl groups excluding tert-OH is 1. The predicted octanol–water partition coefficient (Wildman–Crippen LogP) is 1.80. The summed E-state index contributed by atoms with van der Waals surface area (Å²) >= 11 is 0. The van der Waals surface area contributed by atoms with Crippen LogP contribution in [0.25, 0.3) is 0 Å². The second kappa shape index (κ2) is 5.35. The lowest BCUT2D eigenvalue weighted by Crippen LogP contribution is -2.48. The number of alkyl halides is 3. The summed E-state index contributed by atoms with van der Waals surface area (Å²) in [6.45, 7) is 0.316. The first-order chi connectivity index (χ1) is 8.44. The number of rotatable bonds is 5. The predicted molar refractivity (Wildman–Crippen MR) is 60.2 cm³/mol. The van der Waals surface area contributed by atoms with Crippen LogP contribution in [0.3, 0.4) is 0 Å². The van der Waals surface area contributed by atoms with Crippen molar-refractivity contribution in [2.75, 3.05) is 32.9 Å². The third-order valence-electron chi connectivity index (χ3n) is 3.72. The summed E-state index contributed by atoms with van der Waals surface area (Å²) in [5.74, 6) is 0. The van der Waals surface area contributed by atoms with E-state index < -0.39 is 18.1 Å². The summed E-state index contributed by atoms with van der Waals surface area (Å²) in [5.41, 5.74) is -0.508. The van der Waals surface area contributed by atoms with Crippen LogP contribution in [-0.4, -0.2) is 55.1 Å². The van der Waals surface area contributed by atoms with Crippen LogP contribution in [0.1, 0.15) is 25.7 Å². The lowest BCUT2D eigenvalue weighted by atomic mass is 9.82. The Hall–Kier alpha value is -0.330. The Morgan fingerprint density at radius 2 is 2.06 bits per heavy atom. The van der Waals surface area contributed by atoms with E-state index in [4.69, 9.17) is 4.74 Å². The van der Waals surface area contributed by atoms with Crippen molar-refractivity contribution in [3.05, 3.63) is 0 Å². The second-order valence-corrected chi connectivity index (χ2v) is 5.57. The number of halogens is 3. The SMILES string of the molecule is OCC1(CN(CC(F)(F)F)C2CC2)CCCOC1. The average Bonchev–Trinajstić information content (AvgIpc) is 3.11. The van der Waals surface area contributed by atoms with Crippen LogP contribution in [-0.2, 0) is 4.74 Å². The van der Waals surface area contributed by atoms with E-state index in [1.807, 2.05) is 0 Å². The Labute approximate surface area is 105 Å². The van der Waals surface area contributed by atoms with Gasteiger partial charge in [0.1, 0.15) is 0 Å². The highest BCUT2D eigenvalue weighted by Gasteiger charge is 2.43. The minimum absolute atomic E-state index is 0.0389. The minimum Gasteiger partial charge on any atom is -0.396 e. The monoisotopic (exact) mass is 267 g/mol. The highest BCUT2D eigenvalue weighted by Crippen LogP contribution is 2.36. The van der Waals surface area contributed by atoms with Crippen molar-refractivity contribution in [3.63, 3.8) is 0 Å². The molecule has 1 saturated carbocycles. The van der Waals surface area contributed by atoms with Gasteiger partial charge in [-0.3, -0.25) is 4.90 Å². The summed E-state index contributed by atoms with van der Waals surface area (Å²) in [5, 5.41) is 9.50. The second-order valence-electron chi connectivity index (χ2n) is 5.57. The number of aliphatic hydroxyl groups is 1. The molecule has 1 N–H and O–H groups in total. The molecule has 0 amide bonds. The Bertz CT molecular complexity index is 273. The van der Waals surface area contributed by atoms with E-state index in [1.165, 1.54) is 4.90 Å². The van der Waals surface area contributed by atoms with Crippen molar-refractivity contribution < 1.29 is 23.0 Å². The van der Waals surface area contributed by atoms with Crippen LogP contribution in [0.15, 0.2) is 0 Å². The first kappa shape index (κ1) is 14.1. The van der Waals surface area contributed by atoms with E-state index in [1.54, 1.807) is 0 Å². The van der Waals surface area contributed by atoms with Gasteiger partial charge in [0.05, 0.1) is 19.8 Å². The van der Waals surface area contributed by atoms with Gasteiger partial charge in [0, 0.05) is 24.6 Å². The molecule has 1 heterocycles. The molecule has 2 fully saturated rings. The molecule has 2 aliphatic rings. The van der Waals surface area contributed by atoms with Crippen LogP contribution < -0.4 is 0 Å². The van der Waals surface area contributed by atoms with Gasteiger partial charge in [-0.2, -0.15) is 13.2 Å². The standard InChI is InChI=1S/C12H20F3NO2/c13-12(14,15)7-16(10-2-3-10)6-11(8-17)4-1-5-18-9-11/h10,17H,1-9H2. The topological polar surface area (TPSA) is 32.7 Å². The molecule has 0 aromatic carbocycles. The van der Waals surface area contributed by atoms with Gasteiger partial charge in [-0.05, 0) is 25.7 Å². The molecular formula is C12H20F3NO2. The largest absolute Gasteiger partial charge is 0.401 e. The lowest BCUT2D eigenvalue weighted by Gasteiger charge is -2.39. The van der Waals surface area contributed by atoms with Crippen molar-refractivity contribution in [1.29, 1.82) is 0 Å². The molecule has 0 bridgehead atoms. The number of nitrogens with zero attached hydrogens (tertiary/aromatic N) is 1. The van der Waals surface area contributed by atoms with Crippen molar-refractivity contribution in [2.45, 2.75) is 37.9 Å². The number of hydrogen-bond acceptors (Lipinski definition) is 3. The third-order valence-corrected chi connectivity index (χ3v) is 3.72. The maximum Gasteiger partial charge on any atom is 0.401 e. The van der Waals surface area contributed by atoms with Crippen molar-refractivity contribution in [1.82, 2.24) is 4.90 Å². The molecule has 2 rings (SSSR count). The summed E-state index contributed by atoms with van der Waals surface area (Å²) in [4.78, 5) is 1.48. The first-order valence-corrected chi connectivity index (χ1v) is 6.44. The van der Waals surface area contributed by atoms with E-state index in [9.17, 15) is 18.3 Å². The molecule has 3 nitrogen and oxygen atoms in total. The first-order valence-electron chi connectivity index (χ1n) is 6.44. The molecule has 18 heavy (non-hydrogen) atoms. The van der Waals surface area contributed by atoms with Gasteiger partial charge >= 0.3 is 6.18 Å². The number of ether oxygens (including phenoxy) is 1. The van der Waals surface area contributed by atoms with Crippen molar-refractivity contribution in [3.8, 4) is 0 Å². The molecule has 0 aromatic heterocycles. The average molecular weight is 267 g/mol. The Kier molecular flexibility index (Phi) is 4.18. The zero-order valence-electron chi connectivity index (χ0n) is 10.4. The van der Waals surface area contributed by atoms with Gasteiger partial charge in [-0.25, -0.2) is 0 Å². The molecule has 1 unspecified atom stereocenters. The Morgan fingerprint density at radius 3 is 2.50 bits per heavy atom. The molecule has 1 saturated heterocycles. The molecule has 6 heteroatoms. The van der Waals surface area contributed by atoms with E-state index in [-0.39, 0.29) is 19.2 Å². The zero-order chi connectivity index (χ0) is 13.2. The van der Waals surface area contributed by atoms with Gasteiger partial charge < -0.3 is 9.84 Å². The molecule has 1 atom stereocenters. The van der Waals surface area contributed by atoms with Crippen LogP contribution in [0.4, 0.5) is 13.2 Å². The zero-order valence-corrected chi connectivity index (χ0v) is 10.4. The quantitative estimate of drug-likeness (QED) is 0.824. The highest BCUT2D eigenvalue weighted by atomic mass is 19.4. The molecule has 1 aliphatic carbocycles. The summed E-state index contributed by atoms with van der Waals surface area (Å²) in [6, 6.07) is 0.0389. The highest BCUT2D eigenvalue weighted by molar-refractivity contribution is 4.92. The van der Waals surface area contributed by atoms with Gasteiger partial charge in [0.2, 0.25) is 0 Å². The van der Waals surface area contributed by atoms with Crippen LogP contribution in [0, 0.1) is 5.41 Å². The molecule has 0 radical (unpaired) electrons. The maximum atomic E-state index is 12.5. The maximum absolute atomic E-state index is 12.5. The van der Waals surface area contributed by atoms with Gasteiger partial charge in [-0.1, -0.05) is 0 Å². The minimum atomic E-state index is -4.17. The molecule has 106 valence electrons. The molecule has 0 aromatic rings. The van der Waals surface area contributed by atoms with E-state index in [0.29, 0.717) is 13.2 Å². The van der Waals surface area contributed by atoms with Crippen LogP contribution in [0.2, 0.25) is 0 Å². The fourth-order valence-corrected chi connectivity index (χ4v) is 2.62. The lowest BCUT2D eigenvalue weighted by molar-refractivity contribution is -0.156. The third kappa shape index (κ3) is 3.83.